The van der Waals surface area contributed by atoms with Crippen LogP contribution in [0.15, 0.2) is 0 Å². The molecule has 0 aromatic rings. The summed E-state index contributed by atoms with van der Waals surface area (Å²) in [6.07, 6.45) is 7.68. The van der Waals surface area contributed by atoms with Crippen LogP contribution in [0.25, 0.3) is 0 Å². The van der Waals surface area contributed by atoms with Gasteiger partial charge in [0.15, 0.2) is 0 Å². The third-order valence-corrected chi connectivity index (χ3v) is 4.91. The van der Waals surface area contributed by atoms with Gasteiger partial charge in [0.05, 0.1) is 11.0 Å². The highest BCUT2D eigenvalue weighted by Gasteiger charge is 2.24. The van der Waals surface area contributed by atoms with E-state index in [2.05, 4.69) is 5.32 Å². The van der Waals surface area contributed by atoms with Crippen LogP contribution in [0.5, 0.6) is 0 Å². The predicted octanol–water partition coefficient (Wildman–Crippen LogP) is 0.940. The van der Waals surface area contributed by atoms with Gasteiger partial charge in [0, 0.05) is 38.5 Å². The number of hydrogen-bond donors (Lipinski definition) is 1. The first-order chi connectivity index (χ1) is 8.66. The van der Waals surface area contributed by atoms with Crippen molar-refractivity contribution in [2.45, 2.75) is 38.1 Å². The van der Waals surface area contributed by atoms with Crippen LogP contribution in [0, 0.1) is 0 Å². The number of urea groups is 1. The average molecular weight is 273 g/mol. The molecule has 1 saturated carbocycles. The maximum absolute atomic E-state index is 12.1. The Morgan fingerprint density at radius 1 is 1.11 bits per heavy atom. The molecule has 1 saturated heterocycles. The molecule has 1 N–H and O–H groups in total. The van der Waals surface area contributed by atoms with E-state index in [1.807, 2.05) is 9.21 Å². The number of rotatable bonds is 2. The molecular weight excluding hydrogens is 250 g/mol. The minimum absolute atomic E-state index is 0.0587. The number of amides is 2. The molecule has 2 aliphatic rings. The lowest BCUT2D eigenvalue weighted by atomic mass is 9.96. The molecule has 1 aliphatic carbocycles. The quantitative estimate of drug-likeness (QED) is 0.814. The van der Waals surface area contributed by atoms with Crippen LogP contribution in [0.1, 0.15) is 32.1 Å². The van der Waals surface area contributed by atoms with E-state index in [4.69, 9.17) is 0 Å². The lowest BCUT2D eigenvalue weighted by Gasteiger charge is -2.34. The molecule has 1 aliphatic heterocycles. The standard InChI is InChI=1S/C12H23N3O2S/c1-18(17)15-9-7-14(8-10-15)12(16)13-11-5-3-2-4-6-11/h11H,2-10H2,1H3,(H,13,16). The van der Waals surface area contributed by atoms with Crippen molar-refractivity contribution in [3.05, 3.63) is 0 Å². The van der Waals surface area contributed by atoms with Crippen LogP contribution >= 0.6 is 0 Å². The van der Waals surface area contributed by atoms with E-state index >= 15 is 0 Å². The third-order valence-electron chi connectivity index (χ3n) is 3.82. The van der Waals surface area contributed by atoms with Crippen molar-refractivity contribution in [3.63, 3.8) is 0 Å². The van der Waals surface area contributed by atoms with E-state index in [9.17, 15) is 9.00 Å². The maximum Gasteiger partial charge on any atom is 0.317 e. The van der Waals surface area contributed by atoms with Gasteiger partial charge in [-0.05, 0) is 12.8 Å². The number of carbonyl (C=O) groups is 1. The second-order valence-electron chi connectivity index (χ2n) is 5.12. The molecule has 2 amide bonds. The molecule has 2 rings (SSSR count). The van der Waals surface area contributed by atoms with E-state index < -0.39 is 11.0 Å². The van der Waals surface area contributed by atoms with Gasteiger partial charge in [-0.3, -0.25) is 0 Å². The largest absolute Gasteiger partial charge is 0.335 e. The minimum Gasteiger partial charge on any atom is -0.335 e. The molecule has 5 nitrogen and oxygen atoms in total. The predicted molar refractivity (Wildman–Crippen MR) is 72.6 cm³/mol. The van der Waals surface area contributed by atoms with Crippen LogP contribution in [0.4, 0.5) is 4.79 Å². The second kappa shape index (κ2) is 6.52. The van der Waals surface area contributed by atoms with Gasteiger partial charge in [0.25, 0.3) is 0 Å². The van der Waals surface area contributed by atoms with Gasteiger partial charge in [-0.2, -0.15) is 0 Å². The van der Waals surface area contributed by atoms with Crippen molar-refractivity contribution >= 4 is 17.0 Å². The Kier molecular flexibility index (Phi) is 5.00. The minimum atomic E-state index is -0.911. The molecule has 6 heteroatoms. The first kappa shape index (κ1) is 13.8. The Hall–Kier alpha value is -0.620. The fourth-order valence-electron chi connectivity index (χ4n) is 2.66. The van der Waals surface area contributed by atoms with E-state index in [0.717, 1.165) is 12.8 Å². The van der Waals surface area contributed by atoms with E-state index in [1.165, 1.54) is 19.3 Å². The lowest BCUT2D eigenvalue weighted by Crippen LogP contribution is -2.53. The van der Waals surface area contributed by atoms with Gasteiger partial charge in [-0.15, -0.1) is 0 Å². The van der Waals surface area contributed by atoms with E-state index in [-0.39, 0.29) is 6.03 Å². The fourth-order valence-corrected chi connectivity index (χ4v) is 3.34. The van der Waals surface area contributed by atoms with Crippen LogP contribution < -0.4 is 5.32 Å². The van der Waals surface area contributed by atoms with Crippen LogP contribution in [0.3, 0.4) is 0 Å². The Balaban J connectivity index is 1.75. The molecule has 0 spiro atoms. The van der Waals surface area contributed by atoms with Gasteiger partial charge in [0.1, 0.15) is 0 Å². The smallest absolute Gasteiger partial charge is 0.317 e. The summed E-state index contributed by atoms with van der Waals surface area (Å²) in [6, 6.07) is 0.424. The van der Waals surface area contributed by atoms with Gasteiger partial charge < -0.3 is 10.2 Å². The topological polar surface area (TPSA) is 52.7 Å². The zero-order valence-electron chi connectivity index (χ0n) is 11.1. The molecule has 0 bridgehead atoms. The number of carbonyl (C=O) groups excluding carboxylic acids is 1. The van der Waals surface area contributed by atoms with Crippen molar-refractivity contribution in [2.75, 3.05) is 32.4 Å². The monoisotopic (exact) mass is 273 g/mol. The first-order valence-electron chi connectivity index (χ1n) is 6.81. The lowest BCUT2D eigenvalue weighted by molar-refractivity contribution is 0.168. The number of hydrogen-bond acceptors (Lipinski definition) is 2. The van der Waals surface area contributed by atoms with Crippen LogP contribution in [0.2, 0.25) is 0 Å². The summed E-state index contributed by atoms with van der Waals surface area (Å²) >= 11 is 0. The highest BCUT2D eigenvalue weighted by Crippen LogP contribution is 2.17. The molecular formula is C12H23N3O2S. The SMILES string of the molecule is CS(=O)N1CCN(C(=O)NC2CCCCC2)CC1. The highest BCUT2D eigenvalue weighted by molar-refractivity contribution is 7.81. The van der Waals surface area contributed by atoms with Crippen LogP contribution in [-0.4, -0.2) is 57.9 Å². The first-order valence-corrected chi connectivity index (χ1v) is 8.32. The Morgan fingerprint density at radius 2 is 1.72 bits per heavy atom. The van der Waals surface area contributed by atoms with Crippen molar-refractivity contribution in [1.82, 2.24) is 14.5 Å². The molecule has 0 aromatic carbocycles. The normalized spacial score (nSPS) is 24.8. The molecule has 2 fully saturated rings. The summed E-state index contributed by atoms with van der Waals surface area (Å²) in [5.74, 6) is 0. The molecule has 104 valence electrons. The van der Waals surface area contributed by atoms with Crippen molar-refractivity contribution < 1.29 is 9.00 Å². The molecule has 1 atom stereocenters. The molecule has 1 heterocycles. The summed E-state index contributed by atoms with van der Waals surface area (Å²) in [4.78, 5) is 13.9. The zero-order valence-corrected chi connectivity index (χ0v) is 11.9. The van der Waals surface area contributed by atoms with Crippen molar-refractivity contribution in [2.24, 2.45) is 0 Å². The third kappa shape index (κ3) is 3.68. The zero-order chi connectivity index (χ0) is 13.0. The number of nitrogens with zero attached hydrogens (tertiary/aromatic N) is 2. The van der Waals surface area contributed by atoms with Gasteiger partial charge in [-0.1, -0.05) is 19.3 Å². The van der Waals surface area contributed by atoms with E-state index in [1.54, 1.807) is 6.26 Å². The number of piperazine rings is 1. The summed E-state index contributed by atoms with van der Waals surface area (Å²) in [7, 11) is -0.911. The van der Waals surface area contributed by atoms with Crippen LogP contribution in [-0.2, 0) is 11.0 Å². The van der Waals surface area contributed by atoms with Crippen molar-refractivity contribution in [1.29, 1.82) is 0 Å². The molecule has 18 heavy (non-hydrogen) atoms. The van der Waals surface area contributed by atoms with Gasteiger partial charge >= 0.3 is 6.03 Å². The van der Waals surface area contributed by atoms with Gasteiger partial charge in [0.2, 0.25) is 0 Å². The van der Waals surface area contributed by atoms with Gasteiger partial charge in [-0.25, -0.2) is 13.3 Å². The molecule has 1 unspecified atom stereocenters. The maximum atomic E-state index is 12.1. The summed E-state index contributed by atoms with van der Waals surface area (Å²) in [5, 5.41) is 3.13. The summed E-state index contributed by atoms with van der Waals surface area (Å²) in [5.41, 5.74) is 0. The molecule has 0 aromatic heterocycles. The summed E-state index contributed by atoms with van der Waals surface area (Å²) < 4.78 is 13.2. The fraction of sp³-hybridized carbons (Fsp3) is 0.917. The van der Waals surface area contributed by atoms with Crippen molar-refractivity contribution in [3.8, 4) is 0 Å². The molecule has 0 radical (unpaired) electrons. The Labute approximate surface area is 111 Å². The number of nitrogens with one attached hydrogen (secondary N) is 1. The average Bonchev–Trinajstić information content (AvgIpc) is 2.40. The highest BCUT2D eigenvalue weighted by atomic mass is 32.2. The second-order valence-corrected chi connectivity index (χ2v) is 6.49. The summed E-state index contributed by atoms with van der Waals surface area (Å²) in [6.45, 7) is 2.78. The Bertz CT molecular complexity index is 310. The van der Waals surface area contributed by atoms with E-state index in [0.29, 0.717) is 32.2 Å². The Morgan fingerprint density at radius 3 is 2.28 bits per heavy atom.